The molecule has 0 radical (unpaired) electrons. The van der Waals surface area contributed by atoms with E-state index in [2.05, 4.69) is 20.6 Å². The van der Waals surface area contributed by atoms with Crippen LogP contribution in [-0.4, -0.2) is 33.6 Å². The minimum atomic E-state index is -0.914. The zero-order chi connectivity index (χ0) is 15.9. The van der Waals surface area contributed by atoms with Crippen LogP contribution in [0.3, 0.4) is 0 Å². The molecule has 1 aromatic rings. The molecule has 7 heteroatoms. The lowest BCUT2D eigenvalue weighted by Gasteiger charge is -2.26. The zero-order valence-corrected chi connectivity index (χ0v) is 12.6. The summed E-state index contributed by atoms with van der Waals surface area (Å²) in [5.41, 5.74) is -0.212. The lowest BCUT2D eigenvalue weighted by molar-refractivity contribution is -0.149. The van der Waals surface area contributed by atoms with Gasteiger partial charge in [0.25, 0.3) is 0 Å². The highest BCUT2D eigenvalue weighted by Gasteiger charge is 2.35. The van der Waals surface area contributed by atoms with Gasteiger partial charge in [-0.15, -0.1) is 0 Å². The molecular weight excluding hydrogens is 272 g/mol. The van der Waals surface area contributed by atoms with Gasteiger partial charge in [-0.05, 0) is 25.8 Å². The first kappa shape index (κ1) is 16.9. The monoisotopic (exact) mass is 294 g/mol. The van der Waals surface area contributed by atoms with Crippen LogP contribution in [0.25, 0.3) is 0 Å². The molecule has 0 atom stereocenters. The van der Waals surface area contributed by atoms with E-state index in [0.29, 0.717) is 24.4 Å². The first-order chi connectivity index (χ1) is 9.93. The van der Waals surface area contributed by atoms with Crippen LogP contribution in [0.15, 0.2) is 12.3 Å². The molecule has 0 unspecified atom stereocenters. The molecule has 0 saturated carbocycles. The van der Waals surface area contributed by atoms with Crippen molar-refractivity contribution in [3.8, 4) is 0 Å². The van der Waals surface area contributed by atoms with Crippen molar-refractivity contribution in [3.63, 3.8) is 0 Å². The highest BCUT2D eigenvalue weighted by molar-refractivity contribution is 5.78. The molecule has 0 aliphatic rings. The van der Waals surface area contributed by atoms with Crippen LogP contribution in [0.1, 0.15) is 38.2 Å². The Kier molecular flexibility index (Phi) is 6.08. The summed E-state index contributed by atoms with van der Waals surface area (Å²) in [6.45, 7) is 5.76. The smallest absolute Gasteiger partial charge is 0.315 e. The van der Waals surface area contributed by atoms with Crippen molar-refractivity contribution < 1.29 is 14.7 Å². The number of nitrogens with one attached hydrogen (secondary N) is 2. The fraction of sp³-hybridized carbons (Fsp3) is 0.571. The Morgan fingerprint density at radius 1 is 1.29 bits per heavy atom. The van der Waals surface area contributed by atoms with E-state index in [4.69, 9.17) is 0 Å². The van der Waals surface area contributed by atoms with Crippen LogP contribution in [0.5, 0.6) is 0 Å². The third-order valence-electron chi connectivity index (χ3n) is 3.66. The van der Waals surface area contributed by atoms with E-state index >= 15 is 0 Å². The van der Waals surface area contributed by atoms with Crippen molar-refractivity contribution in [1.82, 2.24) is 20.6 Å². The summed E-state index contributed by atoms with van der Waals surface area (Å²) in [6, 6.07) is 1.31. The van der Waals surface area contributed by atoms with E-state index in [1.165, 1.54) is 0 Å². The van der Waals surface area contributed by atoms with Gasteiger partial charge in [0.05, 0.1) is 17.7 Å². The molecule has 0 fully saturated rings. The minimum absolute atomic E-state index is 0.101. The van der Waals surface area contributed by atoms with E-state index in [1.54, 1.807) is 33.0 Å². The molecule has 0 spiro atoms. The number of urea groups is 1. The van der Waals surface area contributed by atoms with Crippen LogP contribution in [-0.2, 0) is 11.3 Å². The number of carbonyl (C=O) groups is 2. The van der Waals surface area contributed by atoms with Gasteiger partial charge in [-0.2, -0.15) is 0 Å². The second-order valence-electron chi connectivity index (χ2n) is 4.92. The number of aromatic nitrogens is 2. The molecule has 1 rings (SSSR count). The van der Waals surface area contributed by atoms with Gasteiger partial charge in [0.15, 0.2) is 0 Å². The van der Waals surface area contributed by atoms with E-state index in [1.807, 2.05) is 0 Å². The van der Waals surface area contributed by atoms with Crippen LogP contribution < -0.4 is 10.6 Å². The molecule has 21 heavy (non-hydrogen) atoms. The maximum atomic E-state index is 11.7. The Morgan fingerprint density at radius 3 is 2.48 bits per heavy atom. The first-order valence-electron chi connectivity index (χ1n) is 6.97. The predicted molar refractivity (Wildman–Crippen MR) is 77.7 cm³/mol. The molecule has 116 valence electrons. The summed E-state index contributed by atoms with van der Waals surface area (Å²) in [5, 5.41) is 14.6. The molecule has 7 nitrogen and oxygen atoms in total. The number of amides is 2. The van der Waals surface area contributed by atoms with E-state index < -0.39 is 17.4 Å². The normalized spacial score (nSPS) is 11.0. The topological polar surface area (TPSA) is 104 Å². The van der Waals surface area contributed by atoms with Crippen LogP contribution in [0.2, 0.25) is 0 Å². The van der Waals surface area contributed by atoms with Crippen molar-refractivity contribution >= 4 is 12.0 Å². The van der Waals surface area contributed by atoms with Gasteiger partial charge in [-0.3, -0.25) is 4.79 Å². The minimum Gasteiger partial charge on any atom is -0.481 e. The molecule has 2 amide bonds. The summed E-state index contributed by atoms with van der Waals surface area (Å²) < 4.78 is 0. The Hall–Kier alpha value is -2.18. The summed E-state index contributed by atoms with van der Waals surface area (Å²) in [5.74, 6) is -0.254. The van der Waals surface area contributed by atoms with Gasteiger partial charge in [-0.25, -0.2) is 14.8 Å². The van der Waals surface area contributed by atoms with Crippen molar-refractivity contribution in [2.24, 2.45) is 5.41 Å². The van der Waals surface area contributed by atoms with Crippen LogP contribution in [0, 0.1) is 12.3 Å². The fourth-order valence-electron chi connectivity index (χ4n) is 1.96. The van der Waals surface area contributed by atoms with Crippen molar-refractivity contribution in [2.45, 2.75) is 40.2 Å². The van der Waals surface area contributed by atoms with E-state index in [9.17, 15) is 14.7 Å². The molecule has 1 aromatic heterocycles. The number of rotatable bonds is 7. The molecule has 0 aromatic carbocycles. The number of carboxylic acids is 1. The molecule has 0 bridgehead atoms. The zero-order valence-electron chi connectivity index (χ0n) is 12.6. The summed E-state index contributed by atoms with van der Waals surface area (Å²) in [7, 11) is 0. The Morgan fingerprint density at radius 2 is 1.95 bits per heavy atom. The molecular formula is C14H22N4O3. The highest BCUT2D eigenvalue weighted by atomic mass is 16.4. The van der Waals surface area contributed by atoms with Crippen molar-refractivity contribution in [3.05, 3.63) is 23.8 Å². The SMILES string of the molecule is CCC(CC)(CNC(=O)NCc1ccnc(C)n1)C(=O)O. The Bertz CT molecular complexity index is 501. The second kappa shape index (κ2) is 7.56. The van der Waals surface area contributed by atoms with Gasteiger partial charge >= 0.3 is 12.0 Å². The number of hydrogen-bond acceptors (Lipinski definition) is 4. The molecule has 0 aliphatic carbocycles. The van der Waals surface area contributed by atoms with Gasteiger partial charge in [0.1, 0.15) is 5.82 Å². The third-order valence-corrected chi connectivity index (χ3v) is 3.66. The molecule has 1 heterocycles. The van der Waals surface area contributed by atoms with Gasteiger partial charge in [0.2, 0.25) is 0 Å². The number of nitrogens with zero attached hydrogens (tertiary/aromatic N) is 2. The Labute approximate surface area is 124 Å². The number of carbonyl (C=O) groups excluding carboxylic acids is 1. The standard InChI is InChI=1S/C14H22N4O3/c1-4-14(5-2,12(19)20)9-17-13(21)16-8-11-6-7-15-10(3)18-11/h6-7H,4-5,8-9H2,1-3H3,(H,19,20)(H2,16,17,21). The van der Waals surface area contributed by atoms with E-state index in [0.717, 1.165) is 0 Å². The third kappa shape index (κ3) is 4.70. The maximum absolute atomic E-state index is 11.7. The predicted octanol–water partition coefficient (Wildman–Crippen LogP) is 1.48. The molecule has 0 saturated heterocycles. The van der Waals surface area contributed by atoms with E-state index in [-0.39, 0.29) is 13.1 Å². The quantitative estimate of drug-likeness (QED) is 0.706. The second-order valence-corrected chi connectivity index (χ2v) is 4.92. The fourth-order valence-corrected chi connectivity index (χ4v) is 1.96. The number of carboxylic acid groups (broad SMARTS) is 1. The molecule has 3 N–H and O–H groups in total. The van der Waals surface area contributed by atoms with Crippen molar-refractivity contribution in [1.29, 1.82) is 0 Å². The van der Waals surface area contributed by atoms with Crippen molar-refractivity contribution in [2.75, 3.05) is 6.54 Å². The average molecular weight is 294 g/mol. The number of aliphatic carboxylic acids is 1. The summed E-state index contributed by atoms with van der Waals surface area (Å²) in [6.07, 6.45) is 2.55. The lowest BCUT2D eigenvalue weighted by Crippen LogP contribution is -2.45. The highest BCUT2D eigenvalue weighted by Crippen LogP contribution is 2.25. The maximum Gasteiger partial charge on any atom is 0.315 e. The summed E-state index contributed by atoms with van der Waals surface area (Å²) in [4.78, 5) is 31.2. The number of aryl methyl sites for hydroxylation is 1. The van der Waals surface area contributed by atoms with Gasteiger partial charge < -0.3 is 15.7 Å². The Balaban J connectivity index is 2.49. The van der Waals surface area contributed by atoms with Gasteiger partial charge in [0, 0.05) is 12.7 Å². The lowest BCUT2D eigenvalue weighted by atomic mass is 9.82. The van der Waals surface area contributed by atoms with Gasteiger partial charge in [-0.1, -0.05) is 13.8 Å². The average Bonchev–Trinajstić information content (AvgIpc) is 2.46. The summed E-state index contributed by atoms with van der Waals surface area (Å²) >= 11 is 0. The molecule has 0 aliphatic heterocycles. The largest absolute Gasteiger partial charge is 0.481 e. The van der Waals surface area contributed by atoms with Crippen LogP contribution >= 0.6 is 0 Å². The number of hydrogen-bond donors (Lipinski definition) is 3. The van der Waals surface area contributed by atoms with Crippen LogP contribution in [0.4, 0.5) is 4.79 Å². The first-order valence-corrected chi connectivity index (χ1v) is 6.97.